The van der Waals surface area contributed by atoms with Crippen LogP contribution in [0, 0.1) is 0 Å². The van der Waals surface area contributed by atoms with Crippen molar-refractivity contribution in [1.29, 1.82) is 0 Å². The van der Waals surface area contributed by atoms with Crippen LogP contribution in [-0.4, -0.2) is 49.2 Å². The van der Waals surface area contributed by atoms with E-state index in [1.165, 1.54) is 5.56 Å². The number of nitrogens with one attached hydrogen (secondary N) is 1. The molecule has 4 heterocycles. The summed E-state index contributed by atoms with van der Waals surface area (Å²) >= 11 is 0. The highest BCUT2D eigenvalue weighted by atomic mass is 16.5. The average Bonchev–Trinajstić information content (AvgIpc) is 3.58. The number of aromatic amines is 1. The number of hydrogen-bond acceptors (Lipinski definition) is 6. The van der Waals surface area contributed by atoms with E-state index in [-0.39, 0.29) is 11.8 Å². The Bertz CT molecular complexity index is 1260. The minimum Gasteiger partial charge on any atom is -0.337 e. The molecule has 2 aliphatic rings. The normalized spacial score (nSPS) is 17.4. The second-order valence-electron chi connectivity index (χ2n) is 7.99. The lowest BCUT2D eigenvalue weighted by Gasteiger charge is -2.18. The quantitative estimate of drug-likeness (QED) is 0.554. The van der Waals surface area contributed by atoms with E-state index in [1.54, 1.807) is 6.20 Å². The predicted octanol–water partition coefficient (Wildman–Crippen LogP) is 3.25. The van der Waals surface area contributed by atoms with Crippen molar-refractivity contribution in [3.8, 4) is 22.8 Å². The molecule has 3 aromatic heterocycles. The van der Waals surface area contributed by atoms with Gasteiger partial charge >= 0.3 is 0 Å². The lowest BCUT2D eigenvalue weighted by molar-refractivity contribution is 0.0783. The molecule has 1 aliphatic carbocycles. The van der Waals surface area contributed by atoms with Gasteiger partial charge in [0.2, 0.25) is 0 Å². The number of likely N-dealkylation sites (tertiary alicyclic amines) is 1. The van der Waals surface area contributed by atoms with Crippen LogP contribution in [0.5, 0.6) is 0 Å². The molecule has 0 bridgehead atoms. The first-order chi connectivity index (χ1) is 15.3. The molecule has 1 aromatic carbocycles. The zero-order valence-corrected chi connectivity index (χ0v) is 16.8. The molecule has 1 saturated heterocycles. The molecule has 1 N–H and O–H groups in total. The van der Waals surface area contributed by atoms with Crippen LogP contribution in [0.2, 0.25) is 0 Å². The number of amides is 1. The highest BCUT2D eigenvalue weighted by Crippen LogP contribution is 2.35. The van der Waals surface area contributed by atoms with Gasteiger partial charge in [-0.1, -0.05) is 35.5 Å². The number of carbonyl (C=O) groups is 1. The van der Waals surface area contributed by atoms with Crippen molar-refractivity contribution in [3.63, 3.8) is 0 Å². The molecule has 1 fully saturated rings. The summed E-state index contributed by atoms with van der Waals surface area (Å²) < 4.78 is 5.40. The van der Waals surface area contributed by atoms with E-state index in [0.29, 0.717) is 36.2 Å². The number of rotatable bonds is 3. The summed E-state index contributed by atoms with van der Waals surface area (Å²) in [5, 5.41) is 11.6. The van der Waals surface area contributed by atoms with E-state index in [4.69, 9.17) is 4.52 Å². The largest absolute Gasteiger partial charge is 0.337 e. The number of carbonyl (C=O) groups excluding carboxylic acids is 1. The summed E-state index contributed by atoms with van der Waals surface area (Å²) in [7, 11) is 0. The van der Waals surface area contributed by atoms with Crippen LogP contribution in [0.4, 0.5) is 0 Å². The van der Waals surface area contributed by atoms with E-state index >= 15 is 0 Å². The number of H-pyrrole nitrogens is 1. The molecular formula is C23H20N6O2. The fourth-order valence-electron chi connectivity index (χ4n) is 4.54. The summed E-state index contributed by atoms with van der Waals surface area (Å²) in [6, 6.07) is 13.8. The third-order valence-electron chi connectivity index (χ3n) is 6.16. The van der Waals surface area contributed by atoms with Gasteiger partial charge in [-0.05, 0) is 37.0 Å². The van der Waals surface area contributed by atoms with Crippen molar-refractivity contribution in [1.82, 2.24) is 30.2 Å². The standard InChI is InChI=1S/C23H20N6O2/c30-23(20-17-9-8-14-5-1-2-6-16(14)19(17)26-27-20)29-12-10-15(13-29)21-25-22(31-28-21)18-7-3-4-11-24-18/h1-7,11,15H,8-10,12-13H2,(H,26,27). The summed E-state index contributed by atoms with van der Waals surface area (Å²) in [6.45, 7) is 1.21. The van der Waals surface area contributed by atoms with Crippen molar-refractivity contribution < 1.29 is 9.32 Å². The first-order valence-electron chi connectivity index (χ1n) is 10.5. The highest BCUT2D eigenvalue weighted by molar-refractivity contribution is 5.96. The molecular weight excluding hydrogens is 392 g/mol. The minimum absolute atomic E-state index is 0.0101. The molecule has 1 unspecified atom stereocenters. The zero-order valence-electron chi connectivity index (χ0n) is 16.8. The number of fused-ring (bicyclic) bond motifs is 3. The molecule has 1 amide bonds. The number of hydrogen-bond donors (Lipinski definition) is 1. The van der Waals surface area contributed by atoms with Crippen LogP contribution in [0.25, 0.3) is 22.8 Å². The Balaban J connectivity index is 1.21. The minimum atomic E-state index is -0.0101. The maximum Gasteiger partial charge on any atom is 0.276 e. The smallest absolute Gasteiger partial charge is 0.276 e. The van der Waals surface area contributed by atoms with Crippen molar-refractivity contribution >= 4 is 5.91 Å². The van der Waals surface area contributed by atoms with Gasteiger partial charge in [-0.25, -0.2) is 0 Å². The van der Waals surface area contributed by atoms with Gasteiger partial charge in [0.15, 0.2) is 5.82 Å². The first kappa shape index (κ1) is 18.0. The average molecular weight is 412 g/mol. The summed E-state index contributed by atoms with van der Waals surface area (Å²) in [4.78, 5) is 23.9. The molecule has 6 rings (SSSR count). The topological polar surface area (TPSA) is 101 Å². The van der Waals surface area contributed by atoms with Crippen LogP contribution in [0.3, 0.4) is 0 Å². The van der Waals surface area contributed by atoms with Gasteiger partial charge in [-0.15, -0.1) is 0 Å². The molecule has 0 radical (unpaired) electrons. The van der Waals surface area contributed by atoms with Gasteiger partial charge < -0.3 is 9.42 Å². The number of aryl methyl sites for hydroxylation is 1. The van der Waals surface area contributed by atoms with E-state index in [1.807, 2.05) is 35.2 Å². The van der Waals surface area contributed by atoms with Gasteiger partial charge in [0, 0.05) is 36.3 Å². The molecule has 31 heavy (non-hydrogen) atoms. The second-order valence-corrected chi connectivity index (χ2v) is 7.99. The number of nitrogens with zero attached hydrogens (tertiary/aromatic N) is 5. The van der Waals surface area contributed by atoms with Gasteiger partial charge in [0.05, 0.1) is 5.69 Å². The molecule has 0 saturated carbocycles. The summed E-state index contributed by atoms with van der Waals surface area (Å²) in [5.41, 5.74) is 5.57. The van der Waals surface area contributed by atoms with Crippen LogP contribution in [-0.2, 0) is 12.8 Å². The molecule has 1 aliphatic heterocycles. The lowest BCUT2D eigenvalue weighted by Crippen LogP contribution is -2.30. The maximum absolute atomic E-state index is 13.3. The van der Waals surface area contributed by atoms with E-state index in [0.717, 1.165) is 36.1 Å². The highest BCUT2D eigenvalue weighted by Gasteiger charge is 2.34. The zero-order chi connectivity index (χ0) is 20.8. The monoisotopic (exact) mass is 412 g/mol. The molecule has 8 nitrogen and oxygen atoms in total. The van der Waals surface area contributed by atoms with Crippen molar-refractivity contribution in [3.05, 3.63) is 71.3 Å². The third kappa shape index (κ3) is 3.02. The molecule has 1 atom stereocenters. The number of aromatic nitrogens is 5. The Hall–Kier alpha value is -3.81. The SMILES string of the molecule is O=C(c1[nH]nc2c1CCc1ccccc1-2)N1CCC(c2noc(-c3ccccn3)n2)C1. The molecule has 4 aromatic rings. The van der Waals surface area contributed by atoms with Crippen LogP contribution < -0.4 is 0 Å². The van der Waals surface area contributed by atoms with Crippen molar-refractivity contribution in [2.45, 2.75) is 25.2 Å². The number of pyridine rings is 1. The predicted molar refractivity (Wildman–Crippen MR) is 112 cm³/mol. The Morgan fingerprint density at radius 2 is 2.03 bits per heavy atom. The Labute approximate surface area is 178 Å². The van der Waals surface area contributed by atoms with E-state index in [2.05, 4.69) is 37.5 Å². The van der Waals surface area contributed by atoms with E-state index < -0.39 is 0 Å². The maximum atomic E-state index is 13.3. The fraction of sp³-hybridized carbons (Fsp3) is 0.261. The first-order valence-corrected chi connectivity index (χ1v) is 10.5. The Morgan fingerprint density at radius 1 is 1.13 bits per heavy atom. The van der Waals surface area contributed by atoms with Gasteiger partial charge in [-0.2, -0.15) is 10.1 Å². The summed E-state index contributed by atoms with van der Waals surface area (Å²) in [5.74, 6) is 1.06. The van der Waals surface area contributed by atoms with Gasteiger partial charge in [0.25, 0.3) is 11.8 Å². The fourth-order valence-corrected chi connectivity index (χ4v) is 4.54. The van der Waals surface area contributed by atoms with Crippen LogP contribution in [0.15, 0.2) is 53.2 Å². The number of benzene rings is 1. The summed E-state index contributed by atoms with van der Waals surface area (Å²) in [6.07, 6.45) is 4.23. The van der Waals surface area contributed by atoms with Gasteiger partial charge in [0.1, 0.15) is 11.4 Å². The third-order valence-corrected chi connectivity index (χ3v) is 6.16. The van der Waals surface area contributed by atoms with Crippen LogP contribution in [0.1, 0.15) is 39.8 Å². The Morgan fingerprint density at radius 3 is 2.94 bits per heavy atom. The second kappa shape index (κ2) is 7.16. The Kier molecular flexibility index (Phi) is 4.15. The van der Waals surface area contributed by atoms with Crippen molar-refractivity contribution in [2.24, 2.45) is 0 Å². The molecule has 154 valence electrons. The van der Waals surface area contributed by atoms with Crippen LogP contribution >= 0.6 is 0 Å². The van der Waals surface area contributed by atoms with Crippen molar-refractivity contribution in [2.75, 3.05) is 13.1 Å². The van der Waals surface area contributed by atoms with Gasteiger partial charge in [-0.3, -0.25) is 14.9 Å². The molecule has 8 heteroatoms. The van der Waals surface area contributed by atoms with E-state index in [9.17, 15) is 4.79 Å². The molecule has 0 spiro atoms. The lowest BCUT2D eigenvalue weighted by atomic mass is 9.89.